The molecule has 1 fully saturated rings. The first-order valence-corrected chi connectivity index (χ1v) is 8.74. The first-order valence-electron chi connectivity index (χ1n) is 7.62. The number of nitrogens with one attached hydrogen (secondary N) is 1. The van der Waals surface area contributed by atoms with E-state index in [2.05, 4.69) is 28.2 Å². The van der Waals surface area contributed by atoms with Crippen molar-refractivity contribution in [2.24, 2.45) is 5.92 Å². The van der Waals surface area contributed by atoms with Crippen LogP contribution in [0.3, 0.4) is 0 Å². The Bertz CT molecular complexity index is 486. The highest BCUT2D eigenvalue weighted by Gasteiger charge is 2.35. The Hall–Kier alpha value is -1.03. The van der Waals surface area contributed by atoms with E-state index >= 15 is 0 Å². The van der Waals surface area contributed by atoms with E-state index in [9.17, 15) is 4.79 Å². The number of carbonyl (C=O) groups is 1. The van der Waals surface area contributed by atoms with Crippen molar-refractivity contribution in [1.29, 1.82) is 0 Å². The fourth-order valence-corrected chi connectivity index (χ4v) is 3.80. The van der Waals surface area contributed by atoms with Crippen LogP contribution in [0.5, 0.6) is 0 Å². The maximum Gasteiger partial charge on any atom is 0.251 e. The van der Waals surface area contributed by atoms with Gasteiger partial charge in [-0.3, -0.25) is 4.79 Å². The Balaban J connectivity index is 2.08. The van der Waals surface area contributed by atoms with Crippen molar-refractivity contribution in [1.82, 2.24) is 5.32 Å². The lowest BCUT2D eigenvalue weighted by Gasteiger charge is -2.39. The first kappa shape index (κ1) is 16.3. The molecular formula is C17H25BrN2O. The van der Waals surface area contributed by atoms with Crippen LogP contribution in [0, 0.1) is 5.92 Å². The van der Waals surface area contributed by atoms with Gasteiger partial charge in [-0.2, -0.15) is 0 Å². The van der Waals surface area contributed by atoms with E-state index in [4.69, 9.17) is 0 Å². The Morgan fingerprint density at radius 3 is 2.57 bits per heavy atom. The second-order valence-corrected chi connectivity index (χ2v) is 7.07. The molecule has 0 heterocycles. The van der Waals surface area contributed by atoms with E-state index in [0.717, 1.165) is 29.4 Å². The Labute approximate surface area is 136 Å². The SMILES string of the molecule is CC1CCCC(CBr)(NC(=O)c2ccc(N(C)C)cc2)C1. The highest BCUT2D eigenvalue weighted by atomic mass is 79.9. The lowest BCUT2D eigenvalue weighted by atomic mass is 9.77. The zero-order chi connectivity index (χ0) is 15.5. The van der Waals surface area contributed by atoms with E-state index in [1.807, 2.05) is 43.3 Å². The standard InChI is InChI=1S/C17H25BrN2O/c1-13-5-4-10-17(11-13,12-18)19-16(21)14-6-8-15(9-7-14)20(2)3/h6-9,13H,4-5,10-12H2,1-3H3,(H,19,21). The second kappa shape index (κ2) is 6.82. The topological polar surface area (TPSA) is 32.3 Å². The third-order valence-electron chi connectivity index (χ3n) is 4.37. The fourth-order valence-electron chi connectivity index (χ4n) is 3.15. The predicted octanol–water partition coefficient (Wildman–Crippen LogP) is 3.83. The van der Waals surface area contributed by atoms with Crippen molar-refractivity contribution in [3.8, 4) is 0 Å². The van der Waals surface area contributed by atoms with Gasteiger partial charge in [-0.1, -0.05) is 35.7 Å². The summed E-state index contributed by atoms with van der Waals surface area (Å²) >= 11 is 3.61. The number of amides is 1. The maximum absolute atomic E-state index is 12.5. The molecule has 0 spiro atoms. The summed E-state index contributed by atoms with van der Waals surface area (Å²) in [7, 11) is 4.00. The molecule has 1 aromatic rings. The van der Waals surface area contributed by atoms with Crippen molar-refractivity contribution in [3.05, 3.63) is 29.8 Å². The van der Waals surface area contributed by atoms with Crippen molar-refractivity contribution < 1.29 is 4.79 Å². The molecule has 1 amide bonds. The molecule has 4 heteroatoms. The summed E-state index contributed by atoms with van der Waals surface area (Å²) in [5.74, 6) is 0.710. The first-order chi connectivity index (χ1) is 9.96. The summed E-state index contributed by atoms with van der Waals surface area (Å²) in [6.45, 7) is 2.27. The highest BCUT2D eigenvalue weighted by Crippen LogP contribution is 2.33. The molecule has 21 heavy (non-hydrogen) atoms. The molecule has 1 aliphatic carbocycles. The second-order valence-electron chi connectivity index (χ2n) is 6.51. The third-order valence-corrected chi connectivity index (χ3v) is 5.45. The molecule has 1 saturated carbocycles. The summed E-state index contributed by atoms with van der Waals surface area (Å²) in [6.07, 6.45) is 4.57. The summed E-state index contributed by atoms with van der Waals surface area (Å²) < 4.78 is 0. The van der Waals surface area contributed by atoms with E-state index in [1.54, 1.807) is 0 Å². The summed E-state index contributed by atoms with van der Waals surface area (Å²) in [4.78, 5) is 14.6. The van der Waals surface area contributed by atoms with E-state index < -0.39 is 0 Å². The van der Waals surface area contributed by atoms with Crippen LogP contribution in [0.1, 0.15) is 43.0 Å². The molecule has 3 nitrogen and oxygen atoms in total. The minimum atomic E-state index is -0.0883. The van der Waals surface area contributed by atoms with Gasteiger partial charge in [0, 0.05) is 30.7 Å². The molecule has 0 aliphatic heterocycles. The number of nitrogens with zero attached hydrogens (tertiary/aromatic N) is 1. The highest BCUT2D eigenvalue weighted by molar-refractivity contribution is 9.09. The predicted molar refractivity (Wildman–Crippen MR) is 92.4 cm³/mol. The molecule has 0 aromatic heterocycles. The minimum absolute atomic E-state index is 0.0360. The van der Waals surface area contributed by atoms with Gasteiger partial charge in [0.25, 0.3) is 5.91 Å². The zero-order valence-electron chi connectivity index (χ0n) is 13.2. The molecule has 1 aliphatic rings. The molecule has 2 unspecified atom stereocenters. The van der Waals surface area contributed by atoms with Crippen molar-refractivity contribution >= 4 is 27.5 Å². The van der Waals surface area contributed by atoms with E-state index in [-0.39, 0.29) is 11.4 Å². The summed E-state index contributed by atoms with van der Waals surface area (Å²) in [5.41, 5.74) is 1.75. The van der Waals surface area contributed by atoms with Gasteiger partial charge < -0.3 is 10.2 Å². The van der Waals surface area contributed by atoms with Gasteiger partial charge in [0.05, 0.1) is 5.54 Å². The van der Waals surface area contributed by atoms with E-state index in [1.165, 1.54) is 12.8 Å². The van der Waals surface area contributed by atoms with Crippen LogP contribution < -0.4 is 10.2 Å². The maximum atomic E-state index is 12.5. The largest absolute Gasteiger partial charge is 0.378 e. The number of rotatable bonds is 4. The Morgan fingerprint density at radius 2 is 2.05 bits per heavy atom. The molecule has 1 aromatic carbocycles. The van der Waals surface area contributed by atoms with Crippen LogP contribution in [-0.2, 0) is 0 Å². The number of halogens is 1. The number of hydrogen-bond acceptors (Lipinski definition) is 2. The van der Waals surface area contributed by atoms with Gasteiger partial charge in [0.2, 0.25) is 0 Å². The Kier molecular flexibility index (Phi) is 5.31. The van der Waals surface area contributed by atoms with Crippen molar-refractivity contribution in [2.75, 3.05) is 24.3 Å². The lowest BCUT2D eigenvalue weighted by Crippen LogP contribution is -2.52. The van der Waals surface area contributed by atoms with Crippen molar-refractivity contribution in [3.63, 3.8) is 0 Å². The third kappa shape index (κ3) is 4.00. The van der Waals surface area contributed by atoms with Crippen LogP contribution in [0.4, 0.5) is 5.69 Å². The van der Waals surface area contributed by atoms with Crippen LogP contribution in [0.15, 0.2) is 24.3 Å². The minimum Gasteiger partial charge on any atom is -0.378 e. The van der Waals surface area contributed by atoms with Crippen LogP contribution in [-0.4, -0.2) is 30.9 Å². The zero-order valence-corrected chi connectivity index (χ0v) is 14.7. The molecule has 2 atom stereocenters. The van der Waals surface area contributed by atoms with Crippen LogP contribution in [0.25, 0.3) is 0 Å². The number of hydrogen-bond donors (Lipinski definition) is 1. The van der Waals surface area contributed by atoms with Crippen LogP contribution >= 0.6 is 15.9 Å². The normalized spacial score (nSPS) is 25.4. The van der Waals surface area contributed by atoms with Gasteiger partial charge >= 0.3 is 0 Å². The Morgan fingerprint density at radius 1 is 1.38 bits per heavy atom. The fraction of sp³-hybridized carbons (Fsp3) is 0.588. The number of carbonyl (C=O) groups excluding carboxylic acids is 1. The summed E-state index contributed by atoms with van der Waals surface area (Å²) in [5, 5.41) is 4.10. The smallest absolute Gasteiger partial charge is 0.251 e. The van der Waals surface area contributed by atoms with Crippen LogP contribution in [0.2, 0.25) is 0 Å². The molecule has 2 rings (SSSR count). The van der Waals surface area contributed by atoms with E-state index in [0.29, 0.717) is 5.92 Å². The van der Waals surface area contributed by atoms with Gasteiger partial charge in [0.1, 0.15) is 0 Å². The molecule has 0 bridgehead atoms. The molecule has 0 radical (unpaired) electrons. The average Bonchev–Trinajstić information content (AvgIpc) is 2.47. The molecule has 0 saturated heterocycles. The molecular weight excluding hydrogens is 328 g/mol. The number of anilines is 1. The lowest BCUT2D eigenvalue weighted by molar-refractivity contribution is 0.0869. The quantitative estimate of drug-likeness (QED) is 0.835. The number of alkyl halides is 1. The molecule has 1 N–H and O–H groups in total. The average molecular weight is 353 g/mol. The number of benzene rings is 1. The summed E-state index contributed by atoms with van der Waals surface area (Å²) in [6, 6.07) is 7.77. The monoisotopic (exact) mass is 352 g/mol. The van der Waals surface area contributed by atoms with Gasteiger partial charge in [-0.15, -0.1) is 0 Å². The van der Waals surface area contributed by atoms with Crippen molar-refractivity contribution in [2.45, 2.75) is 38.1 Å². The van der Waals surface area contributed by atoms with Gasteiger partial charge in [-0.05, 0) is 43.0 Å². The van der Waals surface area contributed by atoms with Gasteiger partial charge in [-0.25, -0.2) is 0 Å². The molecule has 116 valence electrons. The van der Waals surface area contributed by atoms with Gasteiger partial charge in [0.15, 0.2) is 0 Å².